The molecule has 0 radical (unpaired) electrons. The summed E-state index contributed by atoms with van der Waals surface area (Å²) in [5.41, 5.74) is -0.671. The van der Waals surface area contributed by atoms with Gasteiger partial charge in [-0.2, -0.15) is 0 Å². The second-order valence-corrected chi connectivity index (χ2v) is 8.41. The molecule has 0 unspecified atom stereocenters. The maximum atomic E-state index is 12.3. The van der Waals surface area contributed by atoms with Gasteiger partial charge in [0, 0.05) is 5.38 Å². The van der Waals surface area contributed by atoms with Gasteiger partial charge in [-0.05, 0) is 25.8 Å². The molecule has 1 fully saturated rings. The summed E-state index contributed by atoms with van der Waals surface area (Å²) in [6, 6.07) is 1.21. The Balaban J connectivity index is 2.20. The van der Waals surface area contributed by atoms with Crippen LogP contribution in [0, 0.1) is 5.92 Å². The number of hydrogen-bond donors (Lipinski definition) is 3. The summed E-state index contributed by atoms with van der Waals surface area (Å²) in [5.74, 6) is -2.07. The molecule has 9 heteroatoms. The van der Waals surface area contributed by atoms with E-state index in [4.69, 9.17) is 5.14 Å². The van der Waals surface area contributed by atoms with Crippen LogP contribution in [0.5, 0.6) is 0 Å². The number of amides is 1. The van der Waals surface area contributed by atoms with Crippen molar-refractivity contribution >= 4 is 33.2 Å². The van der Waals surface area contributed by atoms with Gasteiger partial charge in [0.2, 0.25) is 10.0 Å². The number of carbonyl (C=O) groups excluding carboxylic acids is 1. The van der Waals surface area contributed by atoms with Crippen molar-refractivity contribution < 1.29 is 23.1 Å². The lowest BCUT2D eigenvalue weighted by atomic mass is 9.74. The van der Waals surface area contributed by atoms with E-state index in [0.29, 0.717) is 12.8 Å². The molecule has 1 heterocycles. The second-order valence-electron chi connectivity index (χ2n) is 5.71. The number of carboxylic acid groups (broad SMARTS) is 1. The van der Waals surface area contributed by atoms with E-state index in [9.17, 15) is 23.1 Å². The first-order chi connectivity index (χ1) is 10.1. The molecule has 0 aliphatic heterocycles. The third kappa shape index (κ3) is 3.47. The quantitative estimate of drug-likeness (QED) is 0.754. The molecule has 0 bridgehead atoms. The highest BCUT2D eigenvalue weighted by Gasteiger charge is 2.42. The van der Waals surface area contributed by atoms with Crippen molar-refractivity contribution in [2.45, 2.75) is 42.4 Å². The van der Waals surface area contributed by atoms with Crippen LogP contribution in [0.15, 0.2) is 15.7 Å². The molecule has 0 spiro atoms. The Morgan fingerprint density at radius 1 is 1.45 bits per heavy atom. The number of rotatable bonds is 4. The van der Waals surface area contributed by atoms with Crippen LogP contribution in [-0.2, 0) is 14.8 Å². The van der Waals surface area contributed by atoms with Gasteiger partial charge in [0.15, 0.2) is 0 Å². The van der Waals surface area contributed by atoms with E-state index in [1.54, 1.807) is 6.92 Å². The van der Waals surface area contributed by atoms with E-state index in [1.807, 2.05) is 0 Å². The van der Waals surface area contributed by atoms with Crippen molar-refractivity contribution in [2.75, 3.05) is 0 Å². The summed E-state index contributed by atoms with van der Waals surface area (Å²) in [4.78, 5) is 23.7. The molecule has 1 aliphatic rings. The molecule has 1 saturated carbocycles. The third-order valence-corrected chi connectivity index (χ3v) is 6.41. The standard InChI is InChI=1S/C13H18N2O5S2/c1-13(5-3-2-4-9(13)12(17)18)15-11(16)8-6-10(21-7-8)22(14,19)20/h6-7,9H,2-5H2,1H3,(H,15,16)(H,17,18)(H2,14,19,20)/t9-,13-/m0/s1. The molecule has 2 atom stereocenters. The van der Waals surface area contributed by atoms with E-state index in [2.05, 4.69) is 5.32 Å². The highest BCUT2D eigenvalue weighted by atomic mass is 32.2. The molecule has 1 aromatic rings. The molecule has 1 aliphatic carbocycles. The molecule has 4 N–H and O–H groups in total. The lowest BCUT2D eigenvalue weighted by Gasteiger charge is -2.39. The lowest BCUT2D eigenvalue weighted by Crippen LogP contribution is -2.55. The minimum atomic E-state index is -3.84. The molecule has 122 valence electrons. The third-order valence-electron chi connectivity index (χ3n) is 4.02. The number of hydrogen-bond acceptors (Lipinski definition) is 5. The van der Waals surface area contributed by atoms with Crippen LogP contribution in [0.3, 0.4) is 0 Å². The van der Waals surface area contributed by atoms with Gasteiger partial charge in [0.1, 0.15) is 4.21 Å². The average molecular weight is 346 g/mol. The Kier molecular flexibility index (Phi) is 4.59. The van der Waals surface area contributed by atoms with Gasteiger partial charge < -0.3 is 10.4 Å². The van der Waals surface area contributed by atoms with Gasteiger partial charge in [-0.15, -0.1) is 11.3 Å². The lowest BCUT2D eigenvalue weighted by molar-refractivity contribution is -0.145. The average Bonchev–Trinajstić information content (AvgIpc) is 2.87. The number of aliphatic carboxylic acids is 1. The Morgan fingerprint density at radius 2 is 2.14 bits per heavy atom. The van der Waals surface area contributed by atoms with Crippen LogP contribution in [0.25, 0.3) is 0 Å². The van der Waals surface area contributed by atoms with Crippen molar-refractivity contribution in [2.24, 2.45) is 11.1 Å². The normalized spacial score (nSPS) is 25.6. The van der Waals surface area contributed by atoms with Crippen molar-refractivity contribution in [3.8, 4) is 0 Å². The minimum absolute atomic E-state index is 0.0961. The first kappa shape index (κ1) is 16.9. The Labute approximate surface area is 132 Å². The number of nitrogens with one attached hydrogen (secondary N) is 1. The van der Waals surface area contributed by atoms with Crippen LogP contribution in [0.1, 0.15) is 43.0 Å². The largest absolute Gasteiger partial charge is 0.481 e. The number of nitrogens with two attached hydrogens (primary N) is 1. The van der Waals surface area contributed by atoms with Gasteiger partial charge in [0.25, 0.3) is 5.91 Å². The Bertz CT molecular complexity index is 697. The summed E-state index contributed by atoms with van der Waals surface area (Å²) in [6.07, 6.45) is 2.74. The molecule has 2 rings (SSSR count). The topological polar surface area (TPSA) is 127 Å². The summed E-state index contributed by atoms with van der Waals surface area (Å²) in [5, 5.41) is 18.5. The maximum absolute atomic E-state index is 12.3. The highest BCUT2D eigenvalue weighted by Crippen LogP contribution is 2.34. The maximum Gasteiger partial charge on any atom is 0.308 e. The number of carboxylic acids is 1. The fourth-order valence-electron chi connectivity index (χ4n) is 2.80. The van der Waals surface area contributed by atoms with E-state index >= 15 is 0 Å². The molecule has 1 aromatic heterocycles. The van der Waals surface area contributed by atoms with E-state index < -0.39 is 33.4 Å². The van der Waals surface area contributed by atoms with Gasteiger partial charge in [-0.3, -0.25) is 9.59 Å². The molecule has 0 aromatic carbocycles. The molecular formula is C13H18N2O5S2. The fraction of sp³-hybridized carbons (Fsp3) is 0.538. The summed E-state index contributed by atoms with van der Waals surface area (Å²) >= 11 is 0.863. The Morgan fingerprint density at radius 3 is 2.68 bits per heavy atom. The minimum Gasteiger partial charge on any atom is -0.481 e. The van der Waals surface area contributed by atoms with Crippen molar-refractivity contribution in [1.82, 2.24) is 5.32 Å². The van der Waals surface area contributed by atoms with Gasteiger partial charge in [0.05, 0.1) is 17.0 Å². The number of thiophene rings is 1. The van der Waals surface area contributed by atoms with E-state index in [0.717, 1.165) is 24.2 Å². The smallest absolute Gasteiger partial charge is 0.308 e. The second kappa shape index (κ2) is 5.98. The zero-order chi connectivity index (χ0) is 16.5. The summed E-state index contributed by atoms with van der Waals surface area (Å²) in [6.45, 7) is 1.72. The van der Waals surface area contributed by atoms with Crippen molar-refractivity contribution in [1.29, 1.82) is 0 Å². The van der Waals surface area contributed by atoms with Crippen LogP contribution < -0.4 is 10.5 Å². The van der Waals surface area contributed by atoms with Gasteiger partial charge in [-0.25, -0.2) is 13.6 Å². The number of primary sulfonamides is 1. The zero-order valence-electron chi connectivity index (χ0n) is 12.0. The van der Waals surface area contributed by atoms with E-state index in [-0.39, 0.29) is 9.77 Å². The van der Waals surface area contributed by atoms with Crippen molar-refractivity contribution in [3.05, 3.63) is 17.0 Å². The number of carbonyl (C=O) groups is 2. The van der Waals surface area contributed by atoms with Gasteiger partial charge >= 0.3 is 5.97 Å². The molecule has 1 amide bonds. The van der Waals surface area contributed by atoms with E-state index in [1.165, 1.54) is 11.4 Å². The number of sulfonamides is 1. The predicted octanol–water partition coefficient (Wildman–Crippen LogP) is 1.16. The first-order valence-corrected chi connectivity index (χ1v) is 9.23. The monoisotopic (exact) mass is 346 g/mol. The van der Waals surface area contributed by atoms with Crippen LogP contribution in [0.2, 0.25) is 0 Å². The fourth-order valence-corrected chi connectivity index (χ4v) is 4.38. The molecule has 22 heavy (non-hydrogen) atoms. The van der Waals surface area contributed by atoms with Gasteiger partial charge in [-0.1, -0.05) is 12.8 Å². The highest BCUT2D eigenvalue weighted by molar-refractivity contribution is 7.91. The van der Waals surface area contributed by atoms with Crippen LogP contribution >= 0.6 is 11.3 Å². The molecule has 7 nitrogen and oxygen atoms in total. The van der Waals surface area contributed by atoms with Crippen LogP contribution in [0.4, 0.5) is 0 Å². The molecular weight excluding hydrogens is 328 g/mol. The summed E-state index contributed by atoms with van der Waals surface area (Å²) in [7, 11) is -3.84. The van der Waals surface area contributed by atoms with Crippen LogP contribution in [-0.4, -0.2) is 30.9 Å². The molecule has 0 saturated heterocycles. The predicted molar refractivity (Wildman–Crippen MR) is 81.2 cm³/mol. The SMILES string of the molecule is C[C@]1(NC(=O)c2csc(S(N)(=O)=O)c2)CCCC[C@H]1C(=O)O. The summed E-state index contributed by atoms with van der Waals surface area (Å²) < 4.78 is 22.4. The first-order valence-electron chi connectivity index (χ1n) is 6.80. The Hall–Kier alpha value is -1.45. The van der Waals surface area contributed by atoms with Crippen molar-refractivity contribution in [3.63, 3.8) is 0 Å². The zero-order valence-corrected chi connectivity index (χ0v) is 13.7.